The number of amides is 1. The van der Waals surface area contributed by atoms with Crippen LogP contribution in [0.3, 0.4) is 0 Å². The smallest absolute Gasteiger partial charge is 0.372 e. The van der Waals surface area contributed by atoms with Gasteiger partial charge in [0.05, 0.1) is 22.7 Å². The topological polar surface area (TPSA) is 147 Å². The van der Waals surface area contributed by atoms with E-state index in [2.05, 4.69) is 34.0 Å². The van der Waals surface area contributed by atoms with Crippen molar-refractivity contribution in [2.24, 2.45) is 5.73 Å². The lowest BCUT2D eigenvalue weighted by Gasteiger charge is -2.32. The fraction of sp³-hybridized carbons (Fsp3) is 0.417. The van der Waals surface area contributed by atoms with Gasteiger partial charge in [0.25, 0.3) is 0 Å². The number of aliphatic hydroxyl groups excluding tert-OH is 1. The van der Waals surface area contributed by atoms with Gasteiger partial charge in [-0.15, -0.1) is 0 Å². The highest BCUT2D eigenvalue weighted by molar-refractivity contribution is 6.30. The first-order valence-corrected chi connectivity index (χ1v) is 11.8. The lowest BCUT2D eigenvalue weighted by atomic mass is 10.1. The zero-order valence-electron chi connectivity index (χ0n) is 19.8. The first-order chi connectivity index (χ1) is 16.7. The van der Waals surface area contributed by atoms with Crippen molar-refractivity contribution in [2.45, 2.75) is 51.9 Å². The number of aromatic nitrogens is 3. The molecule has 2 aromatic heterocycles. The summed E-state index contributed by atoms with van der Waals surface area (Å²) in [4.78, 5) is 34.2. The Bertz CT molecular complexity index is 1160. The number of para-hydroxylation sites is 1. The number of hydrogen-bond donors (Lipinski definition) is 4. The van der Waals surface area contributed by atoms with Crippen molar-refractivity contribution in [3.63, 3.8) is 0 Å². The van der Waals surface area contributed by atoms with Crippen LogP contribution < -0.4 is 11.1 Å². The van der Waals surface area contributed by atoms with Crippen molar-refractivity contribution in [3.05, 3.63) is 52.9 Å². The number of carbonyl (C=O) groups excluding carboxylic acids is 1. The monoisotopic (exact) mass is 502 g/mol. The number of imidazole rings is 1. The summed E-state index contributed by atoms with van der Waals surface area (Å²) in [6, 6.07) is 9.23. The molecule has 5 N–H and O–H groups in total. The van der Waals surface area contributed by atoms with E-state index in [-0.39, 0.29) is 19.0 Å². The minimum atomic E-state index is -1.27. The second-order valence-corrected chi connectivity index (χ2v) is 9.08. The summed E-state index contributed by atoms with van der Waals surface area (Å²) in [7, 11) is 0. The second kappa shape index (κ2) is 12.1. The fourth-order valence-electron chi connectivity index (χ4n) is 3.87. The van der Waals surface area contributed by atoms with E-state index in [0.29, 0.717) is 39.5 Å². The van der Waals surface area contributed by atoms with E-state index in [9.17, 15) is 19.8 Å². The van der Waals surface area contributed by atoms with Crippen molar-refractivity contribution < 1.29 is 19.8 Å². The van der Waals surface area contributed by atoms with Gasteiger partial charge >= 0.3 is 5.97 Å². The molecule has 4 rings (SSSR count). The van der Waals surface area contributed by atoms with Gasteiger partial charge in [-0.2, -0.15) is 0 Å². The van der Waals surface area contributed by atoms with Gasteiger partial charge in [0.15, 0.2) is 0 Å². The van der Waals surface area contributed by atoms with Crippen molar-refractivity contribution in [2.75, 3.05) is 18.4 Å². The maximum absolute atomic E-state index is 12.3. The Hall–Kier alpha value is -3.05. The summed E-state index contributed by atoms with van der Waals surface area (Å²) in [5, 5.41) is 21.7. The zero-order chi connectivity index (χ0) is 25.5. The Morgan fingerprint density at radius 1 is 1.23 bits per heavy atom. The van der Waals surface area contributed by atoms with Crippen LogP contribution in [0.4, 0.5) is 5.82 Å². The van der Waals surface area contributed by atoms with E-state index in [1.54, 1.807) is 24.3 Å². The van der Waals surface area contributed by atoms with Crippen molar-refractivity contribution in [3.8, 4) is 0 Å². The molecule has 0 bridgehead atoms. The molecule has 188 valence electrons. The molecule has 0 saturated carbocycles. The molecule has 1 amide bonds. The van der Waals surface area contributed by atoms with Gasteiger partial charge in [-0.05, 0) is 58.0 Å². The van der Waals surface area contributed by atoms with E-state index in [1.807, 2.05) is 0 Å². The molecular formula is C24H31ClN6O4. The summed E-state index contributed by atoms with van der Waals surface area (Å²) in [6.07, 6.45) is 3.75. The molecule has 1 fully saturated rings. The van der Waals surface area contributed by atoms with Crippen LogP contribution in [-0.4, -0.2) is 66.7 Å². The number of anilines is 1. The predicted octanol–water partition coefficient (Wildman–Crippen LogP) is 2.73. The number of pyridine rings is 1. The fourth-order valence-corrected chi connectivity index (χ4v) is 3.98. The number of fused-ring (bicyclic) bond motifs is 1. The molecule has 10 nitrogen and oxygen atoms in total. The van der Waals surface area contributed by atoms with Gasteiger partial charge in [-0.25, -0.2) is 14.8 Å². The Kier molecular flexibility index (Phi) is 9.16. The number of piperidine rings is 1. The van der Waals surface area contributed by atoms with E-state index < -0.39 is 11.9 Å². The highest BCUT2D eigenvalue weighted by atomic mass is 35.5. The maximum atomic E-state index is 12.3. The highest BCUT2D eigenvalue weighted by Gasteiger charge is 2.20. The van der Waals surface area contributed by atoms with Crippen LogP contribution >= 0.6 is 11.6 Å². The second-order valence-electron chi connectivity index (χ2n) is 8.65. The molecule has 3 heterocycles. The van der Waals surface area contributed by atoms with Gasteiger partial charge in [0.1, 0.15) is 12.4 Å². The summed E-state index contributed by atoms with van der Waals surface area (Å²) < 4.78 is 1.28. The van der Waals surface area contributed by atoms with Gasteiger partial charge in [-0.3, -0.25) is 4.79 Å². The van der Waals surface area contributed by atoms with E-state index in [0.717, 1.165) is 0 Å². The first kappa shape index (κ1) is 26.6. The lowest BCUT2D eigenvalue weighted by molar-refractivity contribution is -0.116. The molecular weight excluding hydrogens is 472 g/mol. The molecule has 1 aliphatic rings. The summed E-state index contributed by atoms with van der Waals surface area (Å²) in [5.74, 6) is -1.72. The van der Waals surface area contributed by atoms with Crippen LogP contribution in [-0.2, 0) is 17.9 Å². The molecule has 0 aliphatic carbocycles. The van der Waals surface area contributed by atoms with Crippen LogP contribution in [0.5, 0.6) is 0 Å². The molecule has 35 heavy (non-hydrogen) atoms. The van der Waals surface area contributed by atoms with E-state index >= 15 is 0 Å². The Labute approximate surface area is 208 Å². The highest BCUT2D eigenvalue weighted by Crippen LogP contribution is 2.21. The normalized spacial score (nSPS) is 14.6. The van der Waals surface area contributed by atoms with Gasteiger partial charge in [0.2, 0.25) is 11.7 Å². The number of carbonyl (C=O) groups is 2. The van der Waals surface area contributed by atoms with Crippen LogP contribution in [0.1, 0.15) is 42.9 Å². The van der Waals surface area contributed by atoms with Gasteiger partial charge < -0.3 is 30.7 Å². The number of nitrogens with zero attached hydrogens (tertiary/aromatic N) is 4. The first-order valence-electron chi connectivity index (χ1n) is 11.4. The number of carboxylic acids is 1. The number of benzene rings is 1. The van der Waals surface area contributed by atoms with Crippen molar-refractivity contribution in [1.82, 2.24) is 19.4 Å². The van der Waals surface area contributed by atoms with Crippen LogP contribution in [0.2, 0.25) is 5.02 Å². The van der Waals surface area contributed by atoms with E-state index in [1.165, 1.54) is 42.8 Å². The number of likely N-dealkylation sites (tertiary alicyclic amines) is 1. The molecule has 0 radical (unpaired) electrons. The van der Waals surface area contributed by atoms with Crippen molar-refractivity contribution in [1.29, 1.82) is 0 Å². The number of halogens is 1. The molecule has 0 atom stereocenters. The number of aromatic carboxylic acids is 1. The summed E-state index contributed by atoms with van der Waals surface area (Å²) in [6.45, 7) is 6.33. The summed E-state index contributed by atoms with van der Waals surface area (Å²) in [5.41, 5.74) is 7.05. The van der Waals surface area contributed by atoms with Crippen LogP contribution in [0, 0.1) is 0 Å². The molecule has 3 aromatic rings. The minimum absolute atomic E-state index is 0.267. The SMILES string of the molecule is CC(C)N1CCC(N)CC1.O=C(Cn1c(C(=O)O)nc2c(CO)cccc21)Nc1ccc(Cl)cn1. The minimum Gasteiger partial charge on any atom is -0.475 e. The van der Waals surface area contributed by atoms with Crippen LogP contribution in [0.15, 0.2) is 36.5 Å². The number of nitrogens with two attached hydrogens (primary N) is 1. The predicted molar refractivity (Wildman–Crippen MR) is 134 cm³/mol. The molecule has 1 aromatic carbocycles. The standard InChI is InChI=1S/C16H13ClN4O4.C8H18N2/c17-10-4-5-12(18-6-10)19-13(23)7-21-11-3-1-2-9(8-22)14(11)20-15(21)16(24)25;1-7(2)10-5-3-8(9)4-6-10/h1-6,22H,7-8H2,(H,24,25)(H,18,19,23);7-8H,3-6,9H2,1-2H3. The average Bonchev–Trinajstić information content (AvgIpc) is 3.20. The number of hydrogen-bond acceptors (Lipinski definition) is 7. The Morgan fingerprint density at radius 2 is 1.94 bits per heavy atom. The number of aliphatic hydroxyl groups is 1. The lowest BCUT2D eigenvalue weighted by Crippen LogP contribution is -2.42. The largest absolute Gasteiger partial charge is 0.475 e. The van der Waals surface area contributed by atoms with E-state index in [4.69, 9.17) is 17.3 Å². The van der Waals surface area contributed by atoms with Gasteiger partial charge in [0, 0.05) is 23.8 Å². The van der Waals surface area contributed by atoms with Crippen LogP contribution in [0.25, 0.3) is 11.0 Å². The quantitative estimate of drug-likeness (QED) is 0.402. The number of rotatable bonds is 6. The number of nitrogens with one attached hydrogen (secondary N) is 1. The maximum Gasteiger partial charge on any atom is 0.372 e. The van der Waals surface area contributed by atoms with Gasteiger partial charge in [-0.1, -0.05) is 23.7 Å². The molecule has 0 unspecified atom stereocenters. The zero-order valence-corrected chi connectivity index (χ0v) is 20.6. The Morgan fingerprint density at radius 3 is 2.51 bits per heavy atom. The number of carboxylic acid groups (broad SMARTS) is 1. The molecule has 1 aliphatic heterocycles. The third kappa shape index (κ3) is 6.98. The Balaban J connectivity index is 0.000000287. The molecule has 0 spiro atoms. The molecule has 11 heteroatoms. The summed E-state index contributed by atoms with van der Waals surface area (Å²) >= 11 is 5.74. The average molecular weight is 503 g/mol. The third-order valence-electron chi connectivity index (χ3n) is 5.83. The molecule has 1 saturated heterocycles. The third-order valence-corrected chi connectivity index (χ3v) is 6.05. The van der Waals surface area contributed by atoms with Crippen molar-refractivity contribution >= 4 is 40.3 Å².